The van der Waals surface area contributed by atoms with Crippen molar-refractivity contribution in [1.29, 1.82) is 0 Å². The van der Waals surface area contributed by atoms with E-state index in [1.165, 1.54) is 11.1 Å². The third-order valence-corrected chi connectivity index (χ3v) is 3.40. The van der Waals surface area contributed by atoms with Gasteiger partial charge >= 0.3 is 5.97 Å². The molecule has 3 aromatic rings. The molecule has 0 saturated heterocycles. The number of carboxylic acid groups (broad SMARTS) is 1. The average molecular weight is 316 g/mol. The monoisotopic (exact) mass is 316 g/mol. The highest BCUT2D eigenvalue weighted by Crippen LogP contribution is 2.17. The van der Waals surface area contributed by atoms with Gasteiger partial charge in [0.25, 0.3) is 0 Å². The summed E-state index contributed by atoms with van der Waals surface area (Å²) in [7, 11) is 0. The molecule has 3 aromatic carbocycles. The van der Waals surface area contributed by atoms with Gasteiger partial charge in [0.05, 0.1) is 0 Å². The van der Waals surface area contributed by atoms with Crippen LogP contribution in [0.25, 0.3) is 17.2 Å². The summed E-state index contributed by atoms with van der Waals surface area (Å²) < 4.78 is 0. The third-order valence-electron chi connectivity index (χ3n) is 3.40. The van der Waals surface area contributed by atoms with Crippen LogP contribution in [0.5, 0.6) is 0 Å². The minimum atomic E-state index is -0.876. The molecule has 2 heteroatoms. The van der Waals surface area contributed by atoms with Crippen LogP contribution in [0, 0.1) is 0 Å². The van der Waals surface area contributed by atoms with Gasteiger partial charge in [-0.25, -0.2) is 4.79 Å². The van der Waals surface area contributed by atoms with E-state index < -0.39 is 5.97 Å². The molecule has 0 atom stereocenters. The molecule has 0 aliphatic rings. The van der Waals surface area contributed by atoms with E-state index in [-0.39, 0.29) is 0 Å². The fourth-order valence-corrected chi connectivity index (χ4v) is 2.12. The Morgan fingerprint density at radius 2 is 1.08 bits per heavy atom. The van der Waals surface area contributed by atoms with Crippen molar-refractivity contribution in [2.45, 2.75) is 6.92 Å². The lowest BCUT2D eigenvalue weighted by Gasteiger charge is -1.98. The van der Waals surface area contributed by atoms with E-state index in [1.807, 2.05) is 42.5 Å². The highest BCUT2D eigenvalue weighted by molar-refractivity contribution is 5.91. The van der Waals surface area contributed by atoms with Crippen LogP contribution in [-0.4, -0.2) is 11.1 Å². The van der Waals surface area contributed by atoms with Crippen molar-refractivity contribution in [3.05, 3.63) is 102 Å². The highest BCUT2D eigenvalue weighted by atomic mass is 16.4. The van der Waals surface area contributed by atoms with Crippen molar-refractivity contribution in [3.8, 4) is 11.1 Å². The van der Waals surface area contributed by atoms with Crippen LogP contribution < -0.4 is 0 Å². The number of carbonyl (C=O) groups is 1. The maximum absolute atomic E-state index is 10.4. The number of hydrogen-bond acceptors (Lipinski definition) is 1. The second-order valence-corrected chi connectivity index (χ2v) is 5.28. The van der Waals surface area contributed by atoms with Crippen molar-refractivity contribution in [2.24, 2.45) is 0 Å². The molecule has 0 aliphatic carbocycles. The zero-order valence-corrected chi connectivity index (χ0v) is 13.6. The predicted octanol–water partition coefficient (Wildman–Crippen LogP) is 5.53. The van der Waals surface area contributed by atoms with E-state index in [0.29, 0.717) is 5.57 Å². The number of hydrogen-bond donors (Lipinski definition) is 1. The summed E-state index contributed by atoms with van der Waals surface area (Å²) in [5, 5.41) is 8.58. The molecule has 0 spiro atoms. The lowest BCUT2D eigenvalue weighted by Crippen LogP contribution is -1.95. The summed E-state index contributed by atoms with van der Waals surface area (Å²) >= 11 is 0. The summed E-state index contributed by atoms with van der Waals surface area (Å²) in [6.07, 6.45) is 1.64. The fourth-order valence-electron chi connectivity index (χ4n) is 2.12. The summed E-state index contributed by atoms with van der Waals surface area (Å²) in [5.41, 5.74) is 3.81. The molecule has 0 fully saturated rings. The Bertz CT molecular complexity index is 738. The molecule has 0 bridgehead atoms. The number of aliphatic carboxylic acids is 1. The average Bonchev–Trinajstić information content (AvgIpc) is 2.64. The molecular formula is C22H20O2. The van der Waals surface area contributed by atoms with Crippen LogP contribution in [0.1, 0.15) is 12.5 Å². The topological polar surface area (TPSA) is 37.3 Å². The Labute approximate surface area is 142 Å². The standard InChI is InChI=1S/C12H10.C10H10O2/c1-3-7-11(8-4-1)12-9-5-2-6-10-12;1-8(10(11)12)7-9-5-3-2-4-6-9/h1-10H;2-7H,1H3,(H,11,12). The van der Waals surface area contributed by atoms with Crippen molar-refractivity contribution in [3.63, 3.8) is 0 Å². The van der Waals surface area contributed by atoms with Crippen LogP contribution in [0.4, 0.5) is 0 Å². The van der Waals surface area contributed by atoms with E-state index in [0.717, 1.165) is 5.56 Å². The largest absolute Gasteiger partial charge is 0.478 e. The lowest BCUT2D eigenvalue weighted by atomic mass is 10.1. The second kappa shape index (κ2) is 9.11. The maximum Gasteiger partial charge on any atom is 0.331 e. The van der Waals surface area contributed by atoms with Crippen LogP contribution in [0.3, 0.4) is 0 Å². The Balaban J connectivity index is 0.000000174. The van der Waals surface area contributed by atoms with Crippen LogP contribution in [-0.2, 0) is 4.79 Å². The van der Waals surface area contributed by atoms with Crippen molar-refractivity contribution in [1.82, 2.24) is 0 Å². The van der Waals surface area contributed by atoms with Gasteiger partial charge in [0.1, 0.15) is 0 Å². The second-order valence-electron chi connectivity index (χ2n) is 5.28. The Kier molecular flexibility index (Phi) is 6.54. The van der Waals surface area contributed by atoms with Gasteiger partial charge in [-0.05, 0) is 29.7 Å². The summed E-state index contributed by atoms with van der Waals surface area (Å²) in [4.78, 5) is 10.4. The molecule has 0 aliphatic heterocycles. The normalized spacial score (nSPS) is 10.5. The first-order chi connectivity index (χ1) is 11.7. The van der Waals surface area contributed by atoms with Crippen molar-refractivity contribution in [2.75, 3.05) is 0 Å². The fraction of sp³-hybridized carbons (Fsp3) is 0.0455. The number of rotatable bonds is 3. The van der Waals surface area contributed by atoms with Gasteiger partial charge in [-0.3, -0.25) is 0 Å². The first kappa shape index (κ1) is 17.2. The molecular weight excluding hydrogens is 296 g/mol. The van der Waals surface area contributed by atoms with E-state index in [4.69, 9.17) is 5.11 Å². The molecule has 24 heavy (non-hydrogen) atoms. The molecule has 0 radical (unpaired) electrons. The van der Waals surface area contributed by atoms with Crippen molar-refractivity contribution >= 4 is 12.0 Å². The molecule has 1 N–H and O–H groups in total. The molecule has 0 heterocycles. The number of carboxylic acids is 1. The van der Waals surface area contributed by atoms with E-state index in [2.05, 4.69) is 48.5 Å². The highest BCUT2D eigenvalue weighted by Gasteiger charge is 1.98. The smallest absolute Gasteiger partial charge is 0.331 e. The van der Waals surface area contributed by atoms with Gasteiger partial charge in [-0.15, -0.1) is 0 Å². The summed E-state index contributed by atoms with van der Waals surface area (Å²) in [6, 6.07) is 30.2. The van der Waals surface area contributed by atoms with E-state index >= 15 is 0 Å². The Hall–Kier alpha value is -3.13. The van der Waals surface area contributed by atoms with Crippen molar-refractivity contribution < 1.29 is 9.90 Å². The van der Waals surface area contributed by atoms with Gasteiger partial charge in [-0.2, -0.15) is 0 Å². The van der Waals surface area contributed by atoms with Crippen LogP contribution in [0.15, 0.2) is 96.6 Å². The molecule has 3 rings (SSSR count). The molecule has 2 nitrogen and oxygen atoms in total. The SMILES string of the molecule is CC(=Cc1ccccc1)C(=O)O.c1ccc(-c2ccccc2)cc1. The summed E-state index contributed by atoms with van der Waals surface area (Å²) in [6.45, 7) is 1.58. The van der Waals surface area contributed by atoms with Gasteiger partial charge in [-0.1, -0.05) is 91.0 Å². The molecule has 0 saturated carbocycles. The first-order valence-corrected chi connectivity index (χ1v) is 7.74. The molecule has 0 amide bonds. The van der Waals surface area contributed by atoms with Gasteiger partial charge < -0.3 is 5.11 Å². The first-order valence-electron chi connectivity index (χ1n) is 7.74. The van der Waals surface area contributed by atoms with Gasteiger partial charge in [0, 0.05) is 5.57 Å². The van der Waals surface area contributed by atoms with Gasteiger partial charge in [0.15, 0.2) is 0 Å². The quantitative estimate of drug-likeness (QED) is 0.645. The minimum absolute atomic E-state index is 0.348. The summed E-state index contributed by atoms with van der Waals surface area (Å²) in [5.74, 6) is -0.876. The van der Waals surface area contributed by atoms with E-state index in [9.17, 15) is 4.79 Å². The minimum Gasteiger partial charge on any atom is -0.478 e. The molecule has 120 valence electrons. The molecule has 0 aromatic heterocycles. The zero-order valence-electron chi connectivity index (χ0n) is 13.6. The Morgan fingerprint density at radius 3 is 1.46 bits per heavy atom. The van der Waals surface area contributed by atoms with Crippen LogP contribution in [0.2, 0.25) is 0 Å². The lowest BCUT2D eigenvalue weighted by molar-refractivity contribution is -0.132. The Morgan fingerprint density at radius 1 is 0.708 bits per heavy atom. The zero-order chi connectivity index (χ0) is 17.2. The van der Waals surface area contributed by atoms with E-state index in [1.54, 1.807) is 13.0 Å². The number of benzene rings is 3. The maximum atomic E-state index is 10.4. The van der Waals surface area contributed by atoms with Crippen LogP contribution >= 0.6 is 0 Å². The molecule has 0 unspecified atom stereocenters. The van der Waals surface area contributed by atoms with Gasteiger partial charge in [0.2, 0.25) is 0 Å². The third kappa shape index (κ3) is 5.58. The predicted molar refractivity (Wildman–Crippen MR) is 99.6 cm³/mol.